The summed E-state index contributed by atoms with van der Waals surface area (Å²) in [5, 5.41) is 0. The average Bonchev–Trinajstić information content (AvgIpc) is 2.39. The highest BCUT2D eigenvalue weighted by Crippen LogP contribution is 2.43. The Morgan fingerprint density at radius 1 is 1.35 bits per heavy atom. The molecule has 2 fully saturated rings. The molecule has 1 unspecified atom stereocenters. The molecular formula is C17H23BrO2. The Hall–Kier alpha value is -0.540. The third kappa shape index (κ3) is 2.89. The van der Waals surface area contributed by atoms with Crippen LogP contribution < -0.4 is 4.74 Å². The minimum atomic E-state index is 0.149. The van der Waals surface area contributed by atoms with E-state index < -0.39 is 0 Å². The molecule has 20 heavy (non-hydrogen) atoms. The quantitative estimate of drug-likeness (QED) is 0.767. The Labute approximate surface area is 130 Å². The monoisotopic (exact) mass is 338 g/mol. The molecule has 0 bridgehead atoms. The second kappa shape index (κ2) is 5.69. The van der Waals surface area contributed by atoms with Gasteiger partial charge < -0.3 is 9.47 Å². The maximum Gasteiger partial charge on any atom is 0.123 e. The zero-order valence-corrected chi connectivity index (χ0v) is 13.9. The van der Waals surface area contributed by atoms with Crippen LogP contribution in [0.1, 0.15) is 57.4 Å². The molecule has 2 aliphatic rings. The molecular weight excluding hydrogens is 316 g/mol. The summed E-state index contributed by atoms with van der Waals surface area (Å²) in [5.41, 5.74) is 1.43. The summed E-state index contributed by atoms with van der Waals surface area (Å²) in [4.78, 5) is 0. The van der Waals surface area contributed by atoms with Crippen molar-refractivity contribution in [3.8, 4) is 5.75 Å². The van der Waals surface area contributed by atoms with Crippen LogP contribution >= 0.6 is 15.9 Å². The van der Waals surface area contributed by atoms with Crippen LogP contribution in [0.25, 0.3) is 0 Å². The molecule has 110 valence electrons. The van der Waals surface area contributed by atoms with E-state index in [1.807, 2.05) is 0 Å². The summed E-state index contributed by atoms with van der Waals surface area (Å²) in [6.07, 6.45) is 6.11. The molecule has 1 aromatic rings. The lowest BCUT2D eigenvalue weighted by Crippen LogP contribution is -2.48. The SMILES string of the molecule is CC(C)c1cc(Br)ccc1OC1CCOC2(CCC2)C1. The number of rotatable bonds is 3. The van der Waals surface area contributed by atoms with Crippen molar-refractivity contribution in [2.75, 3.05) is 6.61 Å². The third-order valence-corrected chi connectivity index (χ3v) is 5.09. The predicted molar refractivity (Wildman–Crippen MR) is 84.4 cm³/mol. The molecule has 2 nitrogen and oxygen atoms in total. The first kappa shape index (κ1) is 14.4. The second-order valence-electron chi connectivity index (χ2n) is 6.45. The topological polar surface area (TPSA) is 18.5 Å². The standard InChI is InChI=1S/C17H23BrO2/c1-12(2)15-10-13(18)4-5-16(15)20-14-6-9-19-17(11-14)7-3-8-17/h4-5,10,12,14H,3,6-9,11H2,1-2H3. The molecule has 1 atom stereocenters. The highest BCUT2D eigenvalue weighted by atomic mass is 79.9. The fraction of sp³-hybridized carbons (Fsp3) is 0.647. The lowest BCUT2D eigenvalue weighted by atomic mass is 9.74. The van der Waals surface area contributed by atoms with Crippen molar-refractivity contribution in [2.45, 2.75) is 63.6 Å². The van der Waals surface area contributed by atoms with Gasteiger partial charge in [0.05, 0.1) is 12.2 Å². The van der Waals surface area contributed by atoms with Crippen LogP contribution in [0, 0.1) is 0 Å². The third-order valence-electron chi connectivity index (χ3n) is 4.60. The summed E-state index contributed by atoms with van der Waals surface area (Å²) in [7, 11) is 0. The molecule has 0 N–H and O–H groups in total. The van der Waals surface area contributed by atoms with Crippen LogP contribution in [0.15, 0.2) is 22.7 Å². The second-order valence-corrected chi connectivity index (χ2v) is 7.37. The molecule has 1 saturated carbocycles. The molecule has 0 aromatic heterocycles. The molecule has 0 radical (unpaired) electrons. The van der Waals surface area contributed by atoms with Gasteiger partial charge in [-0.25, -0.2) is 0 Å². The van der Waals surface area contributed by atoms with Crippen LogP contribution in [0.5, 0.6) is 5.75 Å². The fourth-order valence-corrected chi connectivity index (χ4v) is 3.64. The lowest BCUT2D eigenvalue weighted by molar-refractivity contribution is -0.153. The van der Waals surface area contributed by atoms with Gasteiger partial charge in [-0.1, -0.05) is 29.8 Å². The summed E-state index contributed by atoms with van der Waals surface area (Å²) < 4.78 is 13.4. The van der Waals surface area contributed by atoms with E-state index in [-0.39, 0.29) is 5.60 Å². The summed E-state index contributed by atoms with van der Waals surface area (Å²) in [6, 6.07) is 6.35. The molecule has 1 heterocycles. The van der Waals surface area contributed by atoms with E-state index in [0.29, 0.717) is 12.0 Å². The minimum absolute atomic E-state index is 0.149. The van der Waals surface area contributed by atoms with Gasteiger partial charge in [0.15, 0.2) is 0 Å². The Kier molecular flexibility index (Phi) is 4.09. The van der Waals surface area contributed by atoms with Crippen LogP contribution in [0.4, 0.5) is 0 Å². The fourth-order valence-electron chi connectivity index (χ4n) is 3.26. The molecule has 1 aliphatic heterocycles. The normalized spacial score (nSPS) is 24.7. The van der Waals surface area contributed by atoms with Gasteiger partial charge in [0.2, 0.25) is 0 Å². The number of hydrogen-bond acceptors (Lipinski definition) is 2. The highest BCUT2D eigenvalue weighted by molar-refractivity contribution is 9.10. The molecule has 0 amide bonds. The Morgan fingerprint density at radius 2 is 2.15 bits per heavy atom. The first-order valence-electron chi connectivity index (χ1n) is 7.68. The first-order chi connectivity index (χ1) is 9.58. The molecule has 1 saturated heterocycles. The van der Waals surface area contributed by atoms with E-state index in [9.17, 15) is 0 Å². The van der Waals surface area contributed by atoms with Crippen molar-refractivity contribution in [3.05, 3.63) is 28.2 Å². The van der Waals surface area contributed by atoms with E-state index in [4.69, 9.17) is 9.47 Å². The number of ether oxygens (including phenoxy) is 2. The smallest absolute Gasteiger partial charge is 0.123 e. The predicted octanol–water partition coefficient (Wildman–Crippen LogP) is 5.05. The van der Waals surface area contributed by atoms with Crippen molar-refractivity contribution < 1.29 is 9.47 Å². The molecule has 3 rings (SSSR count). The van der Waals surface area contributed by atoms with E-state index >= 15 is 0 Å². The van der Waals surface area contributed by atoms with Crippen LogP contribution in [0.3, 0.4) is 0 Å². The van der Waals surface area contributed by atoms with E-state index in [1.54, 1.807) is 0 Å². The zero-order chi connectivity index (χ0) is 14.2. The summed E-state index contributed by atoms with van der Waals surface area (Å²) in [5.74, 6) is 1.52. The van der Waals surface area contributed by atoms with Crippen LogP contribution in [0.2, 0.25) is 0 Å². The largest absolute Gasteiger partial charge is 0.490 e. The average molecular weight is 339 g/mol. The van der Waals surface area contributed by atoms with Crippen molar-refractivity contribution in [1.29, 1.82) is 0 Å². The van der Waals surface area contributed by atoms with Gasteiger partial charge in [0.25, 0.3) is 0 Å². The van der Waals surface area contributed by atoms with Gasteiger partial charge in [-0.05, 0) is 48.9 Å². The van der Waals surface area contributed by atoms with E-state index in [1.165, 1.54) is 24.8 Å². The Morgan fingerprint density at radius 3 is 2.80 bits per heavy atom. The zero-order valence-electron chi connectivity index (χ0n) is 12.3. The maximum atomic E-state index is 6.33. The molecule has 3 heteroatoms. The molecule has 1 aromatic carbocycles. The van der Waals surface area contributed by atoms with Gasteiger partial charge in [-0.2, -0.15) is 0 Å². The maximum absolute atomic E-state index is 6.33. The van der Waals surface area contributed by atoms with Gasteiger partial charge in [0, 0.05) is 17.3 Å². The number of hydrogen-bond donors (Lipinski definition) is 0. The van der Waals surface area contributed by atoms with Crippen molar-refractivity contribution in [2.24, 2.45) is 0 Å². The van der Waals surface area contributed by atoms with Gasteiger partial charge in [-0.3, -0.25) is 0 Å². The first-order valence-corrected chi connectivity index (χ1v) is 8.47. The van der Waals surface area contributed by atoms with Gasteiger partial charge >= 0.3 is 0 Å². The lowest BCUT2D eigenvalue weighted by Gasteiger charge is -2.47. The van der Waals surface area contributed by atoms with Crippen LogP contribution in [-0.2, 0) is 4.74 Å². The van der Waals surface area contributed by atoms with Gasteiger partial charge in [-0.15, -0.1) is 0 Å². The Balaban J connectivity index is 1.74. The number of benzene rings is 1. The van der Waals surface area contributed by atoms with E-state index in [2.05, 4.69) is 48.0 Å². The summed E-state index contributed by atoms with van der Waals surface area (Å²) in [6.45, 7) is 5.27. The molecule has 1 spiro atoms. The van der Waals surface area contributed by atoms with Gasteiger partial charge in [0.1, 0.15) is 11.9 Å². The van der Waals surface area contributed by atoms with Crippen LogP contribution in [-0.4, -0.2) is 18.3 Å². The minimum Gasteiger partial charge on any atom is -0.490 e. The van der Waals surface area contributed by atoms with Crippen molar-refractivity contribution in [3.63, 3.8) is 0 Å². The summed E-state index contributed by atoms with van der Waals surface area (Å²) >= 11 is 3.55. The molecule has 1 aliphatic carbocycles. The Bertz CT molecular complexity index is 480. The van der Waals surface area contributed by atoms with Crippen molar-refractivity contribution in [1.82, 2.24) is 0 Å². The van der Waals surface area contributed by atoms with Crippen molar-refractivity contribution >= 4 is 15.9 Å². The number of halogens is 1. The van der Waals surface area contributed by atoms with E-state index in [0.717, 1.165) is 29.7 Å². The highest BCUT2D eigenvalue weighted by Gasteiger charge is 2.43.